The zero-order valence-electron chi connectivity index (χ0n) is 11.8. The van der Waals surface area contributed by atoms with Crippen LogP contribution in [0.5, 0.6) is 0 Å². The van der Waals surface area contributed by atoms with Crippen LogP contribution in [-0.2, 0) is 6.42 Å². The van der Waals surface area contributed by atoms with Gasteiger partial charge in [-0.05, 0) is 35.0 Å². The minimum absolute atomic E-state index is 0.528. The van der Waals surface area contributed by atoms with Gasteiger partial charge in [-0.1, -0.05) is 71.4 Å². The first kappa shape index (κ1) is 14.0. The lowest BCUT2D eigenvalue weighted by Gasteiger charge is -2.12. The lowest BCUT2D eigenvalue weighted by Crippen LogP contribution is -1.99. The SMILES string of the molecule is C=C(c1ccc(CC(C)CCC)cc1)C(C)C. The predicted octanol–water partition coefficient (Wildman–Crippen LogP) is 5.33. The van der Waals surface area contributed by atoms with Gasteiger partial charge in [0.05, 0.1) is 0 Å². The van der Waals surface area contributed by atoms with E-state index in [0.29, 0.717) is 5.92 Å². The maximum atomic E-state index is 4.14. The molecule has 0 saturated carbocycles. The summed E-state index contributed by atoms with van der Waals surface area (Å²) >= 11 is 0. The third kappa shape index (κ3) is 4.38. The van der Waals surface area contributed by atoms with Crippen LogP contribution in [0.3, 0.4) is 0 Å². The summed E-state index contributed by atoms with van der Waals surface area (Å²) in [5.41, 5.74) is 3.97. The number of rotatable bonds is 6. The first-order valence-corrected chi connectivity index (χ1v) is 6.82. The molecule has 17 heavy (non-hydrogen) atoms. The summed E-state index contributed by atoms with van der Waals surface area (Å²) in [6.07, 6.45) is 3.80. The highest BCUT2D eigenvalue weighted by molar-refractivity contribution is 5.64. The summed E-state index contributed by atoms with van der Waals surface area (Å²) in [7, 11) is 0. The Morgan fingerprint density at radius 2 is 1.71 bits per heavy atom. The second-order valence-electron chi connectivity index (χ2n) is 5.47. The summed E-state index contributed by atoms with van der Waals surface area (Å²) in [5, 5.41) is 0. The van der Waals surface area contributed by atoms with Gasteiger partial charge >= 0.3 is 0 Å². The third-order valence-corrected chi connectivity index (χ3v) is 3.39. The normalized spacial score (nSPS) is 12.8. The molecule has 1 atom stereocenters. The molecule has 0 N–H and O–H groups in total. The minimum atomic E-state index is 0.528. The average molecular weight is 230 g/mol. The summed E-state index contributed by atoms with van der Waals surface area (Å²) in [5.74, 6) is 1.32. The van der Waals surface area contributed by atoms with Crippen LogP contribution in [0.25, 0.3) is 5.57 Å². The molecule has 94 valence electrons. The van der Waals surface area contributed by atoms with E-state index in [1.165, 1.54) is 36.0 Å². The van der Waals surface area contributed by atoms with Crippen molar-refractivity contribution in [1.29, 1.82) is 0 Å². The van der Waals surface area contributed by atoms with E-state index in [0.717, 1.165) is 5.92 Å². The van der Waals surface area contributed by atoms with Crippen LogP contribution in [0, 0.1) is 11.8 Å². The minimum Gasteiger partial charge on any atom is -0.0950 e. The molecule has 0 aliphatic heterocycles. The van der Waals surface area contributed by atoms with Crippen molar-refractivity contribution in [3.63, 3.8) is 0 Å². The maximum absolute atomic E-state index is 4.14. The second-order valence-corrected chi connectivity index (χ2v) is 5.47. The number of benzene rings is 1. The van der Waals surface area contributed by atoms with Crippen LogP contribution in [0.4, 0.5) is 0 Å². The molecule has 1 unspecified atom stereocenters. The molecule has 0 fully saturated rings. The zero-order chi connectivity index (χ0) is 12.8. The van der Waals surface area contributed by atoms with Gasteiger partial charge in [0.2, 0.25) is 0 Å². The molecule has 0 bridgehead atoms. The lowest BCUT2D eigenvalue weighted by molar-refractivity contribution is 0.522. The smallest absolute Gasteiger partial charge is 0.0219 e. The molecule has 1 aromatic rings. The Balaban J connectivity index is 2.65. The molecule has 0 radical (unpaired) electrons. The predicted molar refractivity (Wildman–Crippen MR) is 78.1 cm³/mol. The van der Waals surface area contributed by atoms with Crippen LogP contribution >= 0.6 is 0 Å². The highest BCUT2D eigenvalue weighted by Crippen LogP contribution is 2.22. The van der Waals surface area contributed by atoms with E-state index >= 15 is 0 Å². The molecular formula is C17H26. The number of hydrogen-bond donors (Lipinski definition) is 0. The Kier molecular flexibility index (Phi) is 5.47. The van der Waals surface area contributed by atoms with Crippen molar-refractivity contribution in [2.45, 2.75) is 47.0 Å². The van der Waals surface area contributed by atoms with Crippen molar-refractivity contribution >= 4 is 5.57 Å². The van der Waals surface area contributed by atoms with Crippen molar-refractivity contribution in [3.05, 3.63) is 42.0 Å². The summed E-state index contributed by atoms with van der Waals surface area (Å²) < 4.78 is 0. The van der Waals surface area contributed by atoms with E-state index in [2.05, 4.69) is 58.5 Å². The molecule has 0 aliphatic rings. The molecule has 0 heterocycles. The van der Waals surface area contributed by atoms with E-state index in [9.17, 15) is 0 Å². The van der Waals surface area contributed by atoms with Gasteiger partial charge in [0.15, 0.2) is 0 Å². The third-order valence-electron chi connectivity index (χ3n) is 3.39. The number of hydrogen-bond acceptors (Lipinski definition) is 0. The molecule has 0 aromatic heterocycles. The van der Waals surface area contributed by atoms with Gasteiger partial charge < -0.3 is 0 Å². The molecule has 0 nitrogen and oxygen atoms in total. The summed E-state index contributed by atoms with van der Waals surface area (Å²) in [6.45, 7) is 13.1. The lowest BCUT2D eigenvalue weighted by atomic mass is 9.93. The van der Waals surface area contributed by atoms with Gasteiger partial charge in [0.25, 0.3) is 0 Å². The molecule has 1 aromatic carbocycles. The average Bonchev–Trinajstić information content (AvgIpc) is 2.29. The highest BCUT2D eigenvalue weighted by Gasteiger charge is 2.05. The van der Waals surface area contributed by atoms with E-state index < -0.39 is 0 Å². The van der Waals surface area contributed by atoms with Crippen LogP contribution in [0.1, 0.15) is 51.7 Å². The molecular weight excluding hydrogens is 204 g/mol. The summed E-state index contributed by atoms with van der Waals surface area (Å²) in [6, 6.07) is 8.96. The van der Waals surface area contributed by atoms with Gasteiger partial charge in [0.1, 0.15) is 0 Å². The van der Waals surface area contributed by atoms with Crippen LogP contribution < -0.4 is 0 Å². The standard InChI is InChI=1S/C17H26/c1-6-7-14(4)12-16-8-10-17(11-9-16)15(5)13(2)3/h8-11,13-14H,5-7,12H2,1-4H3. The summed E-state index contributed by atoms with van der Waals surface area (Å²) in [4.78, 5) is 0. The largest absolute Gasteiger partial charge is 0.0950 e. The zero-order valence-corrected chi connectivity index (χ0v) is 11.8. The first-order valence-electron chi connectivity index (χ1n) is 6.82. The Morgan fingerprint density at radius 3 is 2.18 bits per heavy atom. The Hall–Kier alpha value is -1.04. The Labute approximate surface area is 107 Å². The maximum Gasteiger partial charge on any atom is -0.0219 e. The van der Waals surface area contributed by atoms with Gasteiger partial charge in [0, 0.05) is 0 Å². The van der Waals surface area contributed by atoms with Crippen molar-refractivity contribution in [3.8, 4) is 0 Å². The van der Waals surface area contributed by atoms with Gasteiger partial charge in [-0.15, -0.1) is 0 Å². The van der Waals surface area contributed by atoms with Gasteiger partial charge in [-0.25, -0.2) is 0 Å². The quantitative estimate of drug-likeness (QED) is 0.619. The van der Waals surface area contributed by atoms with Crippen molar-refractivity contribution in [2.75, 3.05) is 0 Å². The van der Waals surface area contributed by atoms with E-state index in [1.807, 2.05) is 0 Å². The van der Waals surface area contributed by atoms with Crippen LogP contribution in [0.15, 0.2) is 30.8 Å². The van der Waals surface area contributed by atoms with E-state index in [1.54, 1.807) is 0 Å². The fourth-order valence-corrected chi connectivity index (χ4v) is 2.19. The van der Waals surface area contributed by atoms with E-state index in [4.69, 9.17) is 0 Å². The molecule has 1 rings (SSSR count). The van der Waals surface area contributed by atoms with Crippen LogP contribution in [-0.4, -0.2) is 0 Å². The first-order chi connectivity index (χ1) is 8.04. The fraction of sp³-hybridized carbons (Fsp3) is 0.529. The molecule has 0 amide bonds. The number of allylic oxidation sites excluding steroid dienone is 1. The van der Waals surface area contributed by atoms with Crippen molar-refractivity contribution in [2.24, 2.45) is 11.8 Å². The highest BCUT2D eigenvalue weighted by atomic mass is 14.1. The molecule has 0 heteroatoms. The second kappa shape index (κ2) is 6.64. The van der Waals surface area contributed by atoms with Crippen molar-refractivity contribution < 1.29 is 0 Å². The Bertz CT molecular complexity index is 343. The topological polar surface area (TPSA) is 0 Å². The molecule has 0 spiro atoms. The van der Waals surface area contributed by atoms with Gasteiger partial charge in [-0.3, -0.25) is 0 Å². The van der Waals surface area contributed by atoms with E-state index in [-0.39, 0.29) is 0 Å². The van der Waals surface area contributed by atoms with Crippen molar-refractivity contribution in [1.82, 2.24) is 0 Å². The Morgan fingerprint density at radius 1 is 1.12 bits per heavy atom. The monoisotopic (exact) mass is 230 g/mol. The molecule has 0 saturated heterocycles. The molecule has 0 aliphatic carbocycles. The van der Waals surface area contributed by atoms with Gasteiger partial charge in [-0.2, -0.15) is 0 Å². The fourth-order valence-electron chi connectivity index (χ4n) is 2.19. The van der Waals surface area contributed by atoms with Crippen LogP contribution in [0.2, 0.25) is 0 Å².